The summed E-state index contributed by atoms with van der Waals surface area (Å²) in [7, 11) is 0.306. The highest BCUT2D eigenvalue weighted by Crippen LogP contribution is 2.02. The standard InChI is InChI=1S/C8H10.H4OSi/c1-7-5-3-4-6-8(7)2;1-2/h3-6H,1-2H3;1H,2H3. The van der Waals surface area contributed by atoms with Crippen molar-refractivity contribution in [2.45, 2.75) is 13.8 Å². The summed E-state index contributed by atoms with van der Waals surface area (Å²) in [4.78, 5) is 7.14. The Bertz CT molecular complexity index is 165. The third kappa shape index (κ3) is 2.80. The second-order valence-corrected chi connectivity index (χ2v) is 2.08. The molecule has 0 aliphatic heterocycles. The lowest BCUT2D eigenvalue weighted by Crippen LogP contribution is -1.74. The van der Waals surface area contributed by atoms with E-state index in [1.165, 1.54) is 11.1 Å². The topological polar surface area (TPSA) is 20.2 Å². The molecule has 0 atom stereocenters. The lowest BCUT2D eigenvalue weighted by Gasteiger charge is -1.93. The molecule has 0 saturated carbocycles. The number of hydrogen-bond donors (Lipinski definition) is 1. The Morgan fingerprint density at radius 2 is 1.30 bits per heavy atom. The van der Waals surface area contributed by atoms with Gasteiger partial charge in [-0.2, -0.15) is 0 Å². The normalized spacial score (nSPS) is 8.30. The van der Waals surface area contributed by atoms with Crippen molar-refractivity contribution in [3.05, 3.63) is 35.4 Å². The SMILES string of the molecule is Cc1ccccc1C.O[SiH3]. The minimum Gasteiger partial charge on any atom is -0.442 e. The van der Waals surface area contributed by atoms with E-state index >= 15 is 0 Å². The molecule has 0 aliphatic rings. The van der Waals surface area contributed by atoms with E-state index in [1.54, 1.807) is 0 Å². The minimum absolute atomic E-state index is 0.306. The maximum absolute atomic E-state index is 7.14. The van der Waals surface area contributed by atoms with E-state index < -0.39 is 0 Å². The first kappa shape index (κ1) is 9.40. The van der Waals surface area contributed by atoms with E-state index in [0.717, 1.165) is 0 Å². The Balaban J connectivity index is 0.000000371. The van der Waals surface area contributed by atoms with Crippen LogP contribution in [0.3, 0.4) is 0 Å². The average molecular weight is 154 g/mol. The fourth-order valence-electron chi connectivity index (χ4n) is 0.663. The largest absolute Gasteiger partial charge is 0.442 e. The van der Waals surface area contributed by atoms with Crippen molar-refractivity contribution in [2.24, 2.45) is 0 Å². The Morgan fingerprint density at radius 1 is 1.00 bits per heavy atom. The summed E-state index contributed by atoms with van der Waals surface area (Å²) < 4.78 is 0. The van der Waals surface area contributed by atoms with Gasteiger partial charge in [0.05, 0.1) is 0 Å². The smallest absolute Gasteiger partial charge is 0.141 e. The molecule has 10 heavy (non-hydrogen) atoms. The second-order valence-electron chi connectivity index (χ2n) is 2.08. The first-order valence-corrected chi connectivity index (χ1v) is 4.17. The van der Waals surface area contributed by atoms with Crippen LogP contribution >= 0.6 is 0 Å². The average Bonchev–Trinajstić information content (AvgIpc) is 2.00. The van der Waals surface area contributed by atoms with Crippen molar-refractivity contribution in [1.29, 1.82) is 0 Å². The van der Waals surface area contributed by atoms with E-state index in [0.29, 0.717) is 10.5 Å². The Morgan fingerprint density at radius 3 is 1.50 bits per heavy atom. The third-order valence-corrected chi connectivity index (χ3v) is 1.43. The molecule has 1 N–H and O–H groups in total. The van der Waals surface area contributed by atoms with Gasteiger partial charge in [0.25, 0.3) is 0 Å². The van der Waals surface area contributed by atoms with Gasteiger partial charge in [-0.05, 0) is 25.0 Å². The van der Waals surface area contributed by atoms with E-state index in [2.05, 4.69) is 38.1 Å². The van der Waals surface area contributed by atoms with Crippen LogP contribution in [0.1, 0.15) is 11.1 Å². The van der Waals surface area contributed by atoms with Gasteiger partial charge in [-0.25, -0.2) is 0 Å². The van der Waals surface area contributed by atoms with E-state index in [9.17, 15) is 0 Å². The van der Waals surface area contributed by atoms with Gasteiger partial charge in [0.1, 0.15) is 10.5 Å². The van der Waals surface area contributed by atoms with Crippen molar-refractivity contribution in [3.63, 3.8) is 0 Å². The third-order valence-electron chi connectivity index (χ3n) is 1.43. The van der Waals surface area contributed by atoms with Gasteiger partial charge in [-0.3, -0.25) is 0 Å². The number of benzene rings is 1. The van der Waals surface area contributed by atoms with Crippen LogP contribution in [0, 0.1) is 13.8 Å². The number of aryl methyl sites for hydroxylation is 2. The highest BCUT2D eigenvalue weighted by molar-refractivity contribution is 5.95. The van der Waals surface area contributed by atoms with Crippen molar-refractivity contribution < 1.29 is 4.80 Å². The van der Waals surface area contributed by atoms with E-state index in [1.807, 2.05) is 0 Å². The maximum Gasteiger partial charge on any atom is 0.141 e. The lowest BCUT2D eigenvalue weighted by molar-refractivity contribution is 0.629. The van der Waals surface area contributed by atoms with E-state index in [-0.39, 0.29) is 0 Å². The molecule has 0 heterocycles. The van der Waals surface area contributed by atoms with E-state index in [4.69, 9.17) is 4.80 Å². The summed E-state index contributed by atoms with van der Waals surface area (Å²) in [5, 5.41) is 0. The van der Waals surface area contributed by atoms with Gasteiger partial charge in [-0.1, -0.05) is 24.3 Å². The molecule has 0 amide bonds. The molecule has 0 saturated heterocycles. The van der Waals surface area contributed by atoms with Crippen LogP contribution in [0.4, 0.5) is 0 Å². The van der Waals surface area contributed by atoms with Crippen LogP contribution in [0.15, 0.2) is 24.3 Å². The zero-order chi connectivity index (χ0) is 7.98. The Labute approximate surface area is 65.3 Å². The van der Waals surface area contributed by atoms with Gasteiger partial charge in [0.2, 0.25) is 0 Å². The second kappa shape index (κ2) is 5.20. The van der Waals surface area contributed by atoms with Crippen LogP contribution < -0.4 is 0 Å². The van der Waals surface area contributed by atoms with Crippen LogP contribution in [0.25, 0.3) is 0 Å². The summed E-state index contributed by atoms with van der Waals surface area (Å²) in [5.74, 6) is 0. The van der Waals surface area contributed by atoms with Gasteiger partial charge < -0.3 is 4.80 Å². The molecule has 2 heteroatoms. The van der Waals surface area contributed by atoms with Crippen LogP contribution in [-0.2, 0) is 0 Å². The van der Waals surface area contributed by atoms with Crippen molar-refractivity contribution in [1.82, 2.24) is 0 Å². The molecule has 0 aliphatic carbocycles. The first-order valence-electron chi connectivity index (χ1n) is 3.27. The molecule has 0 radical (unpaired) electrons. The fraction of sp³-hybridized carbons (Fsp3) is 0.250. The number of rotatable bonds is 0. The zero-order valence-electron chi connectivity index (χ0n) is 6.76. The highest BCUT2D eigenvalue weighted by Gasteiger charge is 1.83. The quantitative estimate of drug-likeness (QED) is 0.541. The zero-order valence-corrected chi connectivity index (χ0v) is 8.76. The molecule has 1 aromatic rings. The number of hydrogen-bond acceptors (Lipinski definition) is 1. The molecule has 0 aromatic heterocycles. The Hall–Kier alpha value is -0.603. The van der Waals surface area contributed by atoms with Gasteiger partial charge in [0, 0.05) is 0 Å². The predicted octanol–water partition coefficient (Wildman–Crippen LogP) is 0.563. The molecule has 1 nitrogen and oxygen atoms in total. The van der Waals surface area contributed by atoms with Crippen molar-refractivity contribution in [3.8, 4) is 0 Å². The molecule has 0 bridgehead atoms. The summed E-state index contributed by atoms with van der Waals surface area (Å²) in [5.41, 5.74) is 2.74. The molecular weight excluding hydrogens is 140 g/mol. The molecule has 0 spiro atoms. The van der Waals surface area contributed by atoms with Gasteiger partial charge >= 0.3 is 0 Å². The van der Waals surface area contributed by atoms with Gasteiger partial charge in [0.15, 0.2) is 0 Å². The van der Waals surface area contributed by atoms with Crippen LogP contribution in [-0.4, -0.2) is 15.3 Å². The molecule has 1 aromatic carbocycles. The first-order chi connectivity index (χ1) is 4.80. The fourth-order valence-corrected chi connectivity index (χ4v) is 0.663. The van der Waals surface area contributed by atoms with Crippen molar-refractivity contribution >= 4 is 10.5 Å². The molecule has 0 unspecified atom stereocenters. The molecular formula is C8H14OSi. The summed E-state index contributed by atoms with van der Waals surface area (Å²) >= 11 is 0. The highest BCUT2D eigenvalue weighted by atomic mass is 28.2. The Kier molecular flexibility index (Phi) is 4.89. The molecule has 56 valence electrons. The lowest BCUT2D eigenvalue weighted by atomic mass is 10.1. The molecule has 0 fully saturated rings. The predicted molar refractivity (Wildman–Crippen MR) is 48.1 cm³/mol. The summed E-state index contributed by atoms with van der Waals surface area (Å²) in [6.07, 6.45) is 0. The van der Waals surface area contributed by atoms with Crippen LogP contribution in [0.5, 0.6) is 0 Å². The van der Waals surface area contributed by atoms with Crippen molar-refractivity contribution in [2.75, 3.05) is 0 Å². The minimum atomic E-state index is 0.306. The van der Waals surface area contributed by atoms with Gasteiger partial charge in [-0.15, -0.1) is 0 Å². The maximum atomic E-state index is 7.14. The summed E-state index contributed by atoms with van der Waals surface area (Å²) in [6.45, 7) is 4.24. The monoisotopic (exact) mass is 154 g/mol. The van der Waals surface area contributed by atoms with Crippen LogP contribution in [0.2, 0.25) is 0 Å². The summed E-state index contributed by atoms with van der Waals surface area (Å²) in [6, 6.07) is 8.36. The molecule has 1 rings (SSSR count).